The molecular weight excluding hydrogens is 218 g/mol. The lowest BCUT2D eigenvalue weighted by molar-refractivity contribution is -0.110. The number of rotatable bonds is 0. The van der Waals surface area contributed by atoms with Crippen LogP contribution >= 0.6 is 17.0 Å². The zero-order valence-corrected chi connectivity index (χ0v) is 8.86. The first-order valence-corrected chi connectivity index (χ1v) is 4.73. The van der Waals surface area contributed by atoms with Crippen LogP contribution in [0.2, 0.25) is 0 Å². The average Bonchev–Trinajstić information content (AvgIpc) is 1.98. The van der Waals surface area contributed by atoms with Crippen molar-refractivity contribution >= 4 is 17.0 Å². The zero-order valence-electron chi connectivity index (χ0n) is 7.15. The first-order chi connectivity index (χ1) is 5.33. The molecule has 0 aromatic heterocycles. The highest BCUT2D eigenvalue weighted by molar-refractivity contribution is 8.93. The maximum absolute atomic E-state index is 9.80. The molecule has 4 aliphatic rings. The van der Waals surface area contributed by atoms with Gasteiger partial charge >= 0.3 is 0 Å². The van der Waals surface area contributed by atoms with E-state index in [1.807, 2.05) is 0 Å². The molecule has 0 aromatic carbocycles. The van der Waals surface area contributed by atoms with Gasteiger partial charge in [0.05, 0.1) is 6.10 Å². The van der Waals surface area contributed by atoms with Crippen LogP contribution in [0.3, 0.4) is 0 Å². The first kappa shape index (κ1) is 8.97. The highest BCUT2D eigenvalue weighted by Crippen LogP contribution is 2.43. The highest BCUT2D eigenvalue weighted by Gasteiger charge is 2.46. The molecule has 3 heterocycles. The van der Waals surface area contributed by atoms with E-state index in [1.165, 1.54) is 32.5 Å². The van der Waals surface area contributed by atoms with Crippen LogP contribution in [0.15, 0.2) is 0 Å². The SMILES string of the molecule is Br.O[C@H]1[C@@H]2C[C@H]3C[C@H]1CN(C3)C2. The molecule has 12 heavy (non-hydrogen) atoms. The van der Waals surface area contributed by atoms with Crippen molar-refractivity contribution in [2.24, 2.45) is 17.8 Å². The van der Waals surface area contributed by atoms with Gasteiger partial charge in [-0.1, -0.05) is 0 Å². The summed E-state index contributed by atoms with van der Waals surface area (Å²) in [6.07, 6.45) is 2.64. The molecule has 2 nitrogen and oxygen atoms in total. The summed E-state index contributed by atoms with van der Waals surface area (Å²) in [6, 6.07) is 0. The molecule has 1 unspecified atom stereocenters. The van der Waals surface area contributed by atoms with Crippen molar-refractivity contribution in [2.75, 3.05) is 19.6 Å². The Morgan fingerprint density at radius 1 is 1.00 bits per heavy atom. The Kier molecular flexibility index (Phi) is 2.22. The van der Waals surface area contributed by atoms with Crippen LogP contribution in [-0.2, 0) is 0 Å². The lowest BCUT2D eigenvalue weighted by Crippen LogP contribution is -2.59. The third kappa shape index (κ3) is 1.14. The predicted molar refractivity (Wildman–Crippen MR) is 52.5 cm³/mol. The lowest BCUT2D eigenvalue weighted by atomic mass is 9.66. The molecule has 3 heteroatoms. The maximum Gasteiger partial charge on any atom is 0.0621 e. The maximum atomic E-state index is 9.80. The fourth-order valence-corrected chi connectivity index (χ4v) is 3.38. The van der Waals surface area contributed by atoms with Gasteiger partial charge in [0.1, 0.15) is 0 Å². The predicted octanol–water partition coefficient (Wildman–Crippen LogP) is 0.897. The topological polar surface area (TPSA) is 23.5 Å². The molecule has 1 saturated carbocycles. The van der Waals surface area contributed by atoms with Gasteiger partial charge in [-0.05, 0) is 30.6 Å². The quantitative estimate of drug-likeness (QED) is 0.673. The number of aliphatic hydroxyl groups excluding tert-OH is 1. The van der Waals surface area contributed by atoms with Crippen LogP contribution in [0.4, 0.5) is 0 Å². The van der Waals surface area contributed by atoms with Crippen molar-refractivity contribution in [2.45, 2.75) is 18.9 Å². The van der Waals surface area contributed by atoms with Crippen molar-refractivity contribution in [3.05, 3.63) is 0 Å². The molecule has 4 fully saturated rings. The summed E-state index contributed by atoms with van der Waals surface area (Å²) >= 11 is 0. The van der Waals surface area contributed by atoms with Crippen LogP contribution in [0.1, 0.15) is 12.8 Å². The molecule has 1 aliphatic carbocycles. The van der Waals surface area contributed by atoms with Gasteiger partial charge in [0, 0.05) is 19.6 Å². The van der Waals surface area contributed by atoms with Crippen molar-refractivity contribution in [3.8, 4) is 0 Å². The van der Waals surface area contributed by atoms with Crippen LogP contribution in [0, 0.1) is 17.8 Å². The Balaban J connectivity index is 0.000000563. The van der Waals surface area contributed by atoms with Gasteiger partial charge < -0.3 is 10.0 Å². The van der Waals surface area contributed by atoms with Gasteiger partial charge in [-0.2, -0.15) is 0 Å². The third-order valence-corrected chi connectivity index (χ3v) is 3.74. The molecule has 70 valence electrons. The number of hydrogen-bond acceptors (Lipinski definition) is 2. The van der Waals surface area contributed by atoms with Gasteiger partial charge in [-0.15, -0.1) is 17.0 Å². The number of piperidine rings is 3. The second kappa shape index (κ2) is 2.96. The standard InChI is InChI=1S/C9H15NO.BrH/c11-9-7-1-6-2-8(9)5-10(3-6)4-7;/h6-9,11H,1-5H2;1H/t6-,7+,8-,9-;. The highest BCUT2D eigenvalue weighted by atomic mass is 79.9. The van der Waals surface area contributed by atoms with Gasteiger partial charge in [0.2, 0.25) is 0 Å². The van der Waals surface area contributed by atoms with Gasteiger partial charge in [-0.3, -0.25) is 0 Å². The summed E-state index contributed by atoms with van der Waals surface area (Å²) in [4.78, 5) is 2.54. The summed E-state index contributed by atoms with van der Waals surface area (Å²) in [6.45, 7) is 3.67. The Labute approximate surface area is 83.7 Å². The largest absolute Gasteiger partial charge is 0.392 e. The van der Waals surface area contributed by atoms with E-state index in [0.717, 1.165) is 5.92 Å². The summed E-state index contributed by atoms with van der Waals surface area (Å²) in [7, 11) is 0. The second-order valence-corrected chi connectivity index (χ2v) is 4.57. The Hall–Kier alpha value is 0.400. The van der Waals surface area contributed by atoms with E-state index >= 15 is 0 Å². The molecule has 0 spiro atoms. The van der Waals surface area contributed by atoms with E-state index in [1.54, 1.807) is 0 Å². The zero-order chi connectivity index (χ0) is 7.42. The van der Waals surface area contributed by atoms with Crippen molar-refractivity contribution in [1.82, 2.24) is 4.90 Å². The summed E-state index contributed by atoms with van der Waals surface area (Å²) in [5.74, 6) is 2.18. The monoisotopic (exact) mass is 233 g/mol. The molecule has 0 radical (unpaired) electrons. The molecule has 0 aromatic rings. The van der Waals surface area contributed by atoms with Gasteiger partial charge in [-0.25, -0.2) is 0 Å². The molecule has 1 N–H and O–H groups in total. The van der Waals surface area contributed by atoms with E-state index in [4.69, 9.17) is 0 Å². The number of nitrogens with zero attached hydrogens (tertiary/aromatic N) is 1. The second-order valence-electron chi connectivity index (χ2n) is 4.57. The first-order valence-electron chi connectivity index (χ1n) is 4.73. The summed E-state index contributed by atoms with van der Waals surface area (Å²) in [5, 5.41) is 9.80. The van der Waals surface area contributed by atoms with E-state index in [9.17, 15) is 5.11 Å². The summed E-state index contributed by atoms with van der Waals surface area (Å²) in [5.41, 5.74) is 0. The molecule has 4 bridgehead atoms. The van der Waals surface area contributed by atoms with Crippen molar-refractivity contribution in [1.29, 1.82) is 0 Å². The molecule has 4 rings (SSSR count). The molecule has 3 saturated heterocycles. The Bertz CT molecular complexity index is 157. The van der Waals surface area contributed by atoms with Crippen LogP contribution in [-0.4, -0.2) is 35.7 Å². The van der Waals surface area contributed by atoms with E-state index in [2.05, 4.69) is 4.90 Å². The summed E-state index contributed by atoms with van der Waals surface area (Å²) < 4.78 is 0. The molecule has 5 atom stereocenters. The smallest absolute Gasteiger partial charge is 0.0621 e. The normalized spacial score (nSPS) is 55.2. The molecular formula is C9H16BrNO. The third-order valence-electron chi connectivity index (χ3n) is 3.74. The fraction of sp³-hybridized carbons (Fsp3) is 1.00. The van der Waals surface area contributed by atoms with Crippen LogP contribution in [0.25, 0.3) is 0 Å². The number of aliphatic hydroxyl groups is 1. The number of hydrogen-bond donors (Lipinski definition) is 1. The van der Waals surface area contributed by atoms with Crippen LogP contribution < -0.4 is 0 Å². The number of halogens is 1. The lowest BCUT2D eigenvalue weighted by Gasteiger charge is -2.54. The van der Waals surface area contributed by atoms with Crippen LogP contribution in [0.5, 0.6) is 0 Å². The molecule has 0 amide bonds. The van der Waals surface area contributed by atoms with Gasteiger partial charge in [0.25, 0.3) is 0 Å². The Morgan fingerprint density at radius 2 is 1.58 bits per heavy atom. The van der Waals surface area contributed by atoms with E-state index in [-0.39, 0.29) is 23.1 Å². The minimum absolute atomic E-state index is 0. The fourth-order valence-electron chi connectivity index (χ4n) is 3.38. The van der Waals surface area contributed by atoms with Gasteiger partial charge in [0.15, 0.2) is 0 Å². The van der Waals surface area contributed by atoms with E-state index < -0.39 is 0 Å². The molecule has 3 aliphatic heterocycles. The Morgan fingerprint density at radius 3 is 2.08 bits per heavy atom. The van der Waals surface area contributed by atoms with E-state index in [0.29, 0.717) is 11.8 Å². The van der Waals surface area contributed by atoms with Crippen molar-refractivity contribution < 1.29 is 5.11 Å². The minimum Gasteiger partial charge on any atom is -0.392 e. The minimum atomic E-state index is 0. The van der Waals surface area contributed by atoms with Crippen molar-refractivity contribution in [3.63, 3.8) is 0 Å². The average molecular weight is 234 g/mol.